The lowest BCUT2D eigenvalue weighted by molar-refractivity contribution is 0.504. The lowest BCUT2D eigenvalue weighted by Crippen LogP contribution is -2.26. The highest BCUT2D eigenvalue weighted by atomic mass is 32.2. The summed E-state index contributed by atoms with van der Waals surface area (Å²) in [5, 5.41) is 3.73. The van der Waals surface area contributed by atoms with E-state index in [0.717, 1.165) is 18.8 Å². The van der Waals surface area contributed by atoms with Crippen molar-refractivity contribution < 1.29 is 4.21 Å². The molecule has 1 aliphatic rings. The predicted molar refractivity (Wildman–Crippen MR) is 58.4 cm³/mol. The van der Waals surface area contributed by atoms with Crippen LogP contribution in [0.3, 0.4) is 0 Å². The Morgan fingerprint density at radius 3 is 2.62 bits per heavy atom. The molecule has 13 heavy (non-hydrogen) atoms. The highest BCUT2D eigenvalue weighted by Crippen LogP contribution is 2.21. The van der Waals surface area contributed by atoms with Crippen LogP contribution in [0.15, 0.2) is 0 Å². The van der Waals surface area contributed by atoms with Gasteiger partial charge < -0.3 is 5.32 Å². The average molecular weight is 203 g/mol. The second-order valence-corrected chi connectivity index (χ2v) is 5.53. The Morgan fingerprint density at radius 1 is 1.31 bits per heavy atom. The SMILES string of the molecule is CCNCCS(=O)C1CCCCC1. The number of hydrogen-bond acceptors (Lipinski definition) is 2. The maximum Gasteiger partial charge on any atom is 0.0362 e. The molecule has 1 rings (SSSR count). The van der Waals surface area contributed by atoms with Gasteiger partial charge in [0.1, 0.15) is 0 Å². The monoisotopic (exact) mass is 203 g/mol. The third kappa shape index (κ3) is 4.23. The zero-order valence-corrected chi connectivity index (χ0v) is 9.37. The van der Waals surface area contributed by atoms with Gasteiger partial charge in [0.15, 0.2) is 0 Å². The second-order valence-electron chi connectivity index (χ2n) is 3.70. The Balaban J connectivity index is 2.13. The van der Waals surface area contributed by atoms with E-state index < -0.39 is 10.8 Å². The van der Waals surface area contributed by atoms with E-state index in [1.165, 1.54) is 32.1 Å². The highest BCUT2D eigenvalue weighted by Gasteiger charge is 2.18. The van der Waals surface area contributed by atoms with Gasteiger partial charge in [-0.25, -0.2) is 0 Å². The molecule has 0 heterocycles. The quantitative estimate of drug-likeness (QED) is 0.689. The van der Waals surface area contributed by atoms with E-state index >= 15 is 0 Å². The van der Waals surface area contributed by atoms with Crippen molar-refractivity contribution in [1.82, 2.24) is 5.32 Å². The van der Waals surface area contributed by atoms with Gasteiger partial charge in [0.25, 0.3) is 0 Å². The summed E-state index contributed by atoms with van der Waals surface area (Å²) in [6.07, 6.45) is 6.31. The molecule has 0 amide bonds. The molecule has 3 heteroatoms. The van der Waals surface area contributed by atoms with E-state index in [9.17, 15) is 4.21 Å². The fourth-order valence-corrected chi connectivity index (χ4v) is 3.38. The van der Waals surface area contributed by atoms with Crippen LogP contribution in [0.5, 0.6) is 0 Å². The summed E-state index contributed by atoms with van der Waals surface area (Å²) < 4.78 is 11.7. The molecular formula is C10H21NOS. The lowest BCUT2D eigenvalue weighted by atomic mass is 10.0. The molecule has 1 atom stereocenters. The van der Waals surface area contributed by atoms with Crippen LogP contribution in [0.4, 0.5) is 0 Å². The van der Waals surface area contributed by atoms with Crippen LogP contribution in [0, 0.1) is 0 Å². The minimum absolute atomic E-state index is 0.507. The van der Waals surface area contributed by atoms with Crippen LogP contribution in [0.2, 0.25) is 0 Å². The van der Waals surface area contributed by atoms with Crippen molar-refractivity contribution >= 4 is 10.8 Å². The molecular weight excluding hydrogens is 182 g/mol. The third-order valence-corrected chi connectivity index (χ3v) is 4.48. The summed E-state index contributed by atoms with van der Waals surface area (Å²) >= 11 is 0. The number of nitrogens with one attached hydrogen (secondary N) is 1. The van der Waals surface area contributed by atoms with Crippen molar-refractivity contribution in [3.63, 3.8) is 0 Å². The van der Waals surface area contributed by atoms with Gasteiger partial charge in [-0.05, 0) is 19.4 Å². The zero-order chi connectivity index (χ0) is 9.52. The molecule has 0 aromatic heterocycles. The average Bonchev–Trinajstić information content (AvgIpc) is 2.19. The molecule has 1 fully saturated rings. The minimum Gasteiger partial charge on any atom is -0.316 e. The van der Waals surface area contributed by atoms with Gasteiger partial charge in [-0.3, -0.25) is 4.21 Å². The van der Waals surface area contributed by atoms with Gasteiger partial charge in [-0.1, -0.05) is 26.2 Å². The van der Waals surface area contributed by atoms with Crippen LogP contribution in [0.25, 0.3) is 0 Å². The minimum atomic E-state index is -0.570. The summed E-state index contributed by atoms with van der Waals surface area (Å²) in [5.74, 6) is 0.846. The van der Waals surface area contributed by atoms with Gasteiger partial charge in [0, 0.05) is 28.3 Å². The Bertz CT molecular complexity index is 155. The molecule has 1 saturated carbocycles. The van der Waals surface area contributed by atoms with E-state index in [1.54, 1.807) is 0 Å². The van der Waals surface area contributed by atoms with Crippen LogP contribution in [0.1, 0.15) is 39.0 Å². The predicted octanol–water partition coefficient (Wildman–Crippen LogP) is 1.68. The molecule has 0 bridgehead atoms. The van der Waals surface area contributed by atoms with Crippen molar-refractivity contribution in [3.8, 4) is 0 Å². The van der Waals surface area contributed by atoms with E-state index in [4.69, 9.17) is 0 Å². The normalized spacial score (nSPS) is 21.6. The first-order valence-corrected chi connectivity index (χ1v) is 6.80. The van der Waals surface area contributed by atoms with Crippen LogP contribution < -0.4 is 5.32 Å². The Morgan fingerprint density at radius 2 is 2.00 bits per heavy atom. The molecule has 0 spiro atoms. The van der Waals surface area contributed by atoms with Gasteiger partial charge in [-0.15, -0.1) is 0 Å². The van der Waals surface area contributed by atoms with Gasteiger partial charge in [0.05, 0.1) is 0 Å². The molecule has 1 unspecified atom stereocenters. The molecule has 0 radical (unpaired) electrons. The number of rotatable bonds is 5. The van der Waals surface area contributed by atoms with Crippen LogP contribution in [-0.4, -0.2) is 28.3 Å². The van der Waals surface area contributed by atoms with Gasteiger partial charge >= 0.3 is 0 Å². The zero-order valence-electron chi connectivity index (χ0n) is 8.55. The van der Waals surface area contributed by atoms with E-state index in [2.05, 4.69) is 12.2 Å². The van der Waals surface area contributed by atoms with Crippen molar-refractivity contribution in [1.29, 1.82) is 0 Å². The molecule has 78 valence electrons. The lowest BCUT2D eigenvalue weighted by Gasteiger charge is -2.20. The fraction of sp³-hybridized carbons (Fsp3) is 1.00. The summed E-state index contributed by atoms with van der Waals surface area (Å²) in [5.41, 5.74) is 0. The van der Waals surface area contributed by atoms with E-state index in [1.807, 2.05) is 0 Å². The molecule has 0 aliphatic heterocycles. The van der Waals surface area contributed by atoms with Gasteiger partial charge in [-0.2, -0.15) is 0 Å². The maximum absolute atomic E-state index is 11.7. The Hall–Kier alpha value is 0.110. The summed E-state index contributed by atoms with van der Waals surface area (Å²) in [6, 6.07) is 0. The van der Waals surface area contributed by atoms with Crippen molar-refractivity contribution in [2.24, 2.45) is 0 Å². The molecule has 0 saturated heterocycles. The van der Waals surface area contributed by atoms with Crippen molar-refractivity contribution in [2.75, 3.05) is 18.8 Å². The Labute approximate surface area is 83.9 Å². The molecule has 1 N–H and O–H groups in total. The molecule has 0 aromatic carbocycles. The largest absolute Gasteiger partial charge is 0.316 e. The summed E-state index contributed by atoms with van der Waals surface area (Å²) in [7, 11) is -0.570. The third-order valence-electron chi connectivity index (χ3n) is 2.65. The first-order valence-electron chi connectivity index (χ1n) is 5.42. The van der Waals surface area contributed by atoms with E-state index in [-0.39, 0.29) is 0 Å². The van der Waals surface area contributed by atoms with Crippen molar-refractivity contribution in [2.45, 2.75) is 44.3 Å². The highest BCUT2D eigenvalue weighted by molar-refractivity contribution is 7.85. The maximum atomic E-state index is 11.7. The standard InChI is InChI=1S/C10H21NOS/c1-2-11-8-9-13(12)10-6-4-3-5-7-10/h10-11H,2-9H2,1H3. The summed E-state index contributed by atoms with van der Waals surface area (Å²) in [4.78, 5) is 0. The first-order chi connectivity index (χ1) is 6.34. The summed E-state index contributed by atoms with van der Waals surface area (Å²) in [6.45, 7) is 3.99. The van der Waals surface area contributed by atoms with Crippen molar-refractivity contribution in [3.05, 3.63) is 0 Å². The van der Waals surface area contributed by atoms with Crippen LogP contribution >= 0.6 is 0 Å². The molecule has 1 aliphatic carbocycles. The van der Waals surface area contributed by atoms with Crippen LogP contribution in [-0.2, 0) is 10.8 Å². The Kier molecular flexibility index (Phi) is 5.63. The van der Waals surface area contributed by atoms with Gasteiger partial charge in [0.2, 0.25) is 0 Å². The smallest absolute Gasteiger partial charge is 0.0362 e. The molecule has 2 nitrogen and oxygen atoms in total. The molecule has 0 aromatic rings. The second kappa shape index (κ2) is 6.55. The van der Waals surface area contributed by atoms with E-state index in [0.29, 0.717) is 5.25 Å². The first kappa shape index (κ1) is 11.2. The topological polar surface area (TPSA) is 29.1 Å². The number of hydrogen-bond donors (Lipinski definition) is 1. The fourth-order valence-electron chi connectivity index (χ4n) is 1.84.